The van der Waals surface area contributed by atoms with Crippen LogP contribution >= 0.6 is 0 Å². The molecular weight excluding hydrogens is 364 g/mol. The van der Waals surface area contributed by atoms with Gasteiger partial charge in [-0.3, -0.25) is 4.79 Å². The highest BCUT2D eigenvalue weighted by molar-refractivity contribution is 7.91. The van der Waals surface area contributed by atoms with Crippen molar-refractivity contribution in [3.63, 3.8) is 0 Å². The van der Waals surface area contributed by atoms with Gasteiger partial charge < -0.3 is 5.32 Å². The van der Waals surface area contributed by atoms with Gasteiger partial charge in [-0.1, -0.05) is 6.07 Å². The Morgan fingerprint density at radius 1 is 1.31 bits per heavy atom. The highest BCUT2D eigenvalue weighted by Crippen LogP contribution is 2.42. The lowest BCUT2D eigenvalue weighted by Crippen LogP contribution is -2.27. The quantitative estimate of drug-likeness (QED) is 0.866. The average molecular weight is 381 g/mol. The lowest BCUT2D eigenvalue weighted by Gasteiger charge is -2.25. The number of hydrogen-bond acceptors (Lipinski definition) is 4. The van der Waals surface area contributed by atoms with Crippen molar-refractivity contribution in [1.29, 1.82) is 0 Å². The Labute approximate surface area is 149 Å². The van der Waals surface area contributed by atoms with Crippen molar-refractivity contribution in [2.45, 2.75) is 31.7 Å². The summed E-state index contributed by atoms with van der Waals surface area (Å²) < 4.78 is 52.7. The smallest absolute Gasteiger partial charge is 0.226 e. The summed E-state index contributed by atoms with van der Waals surface area (Å²) >= 11 is 0. The average Bonchev–Trinajstić information content (AvgIpc) is 3.06. The van der Waals surface area contributed by atoms with Crippen molar-refractivity contribution in [3.05, 3.63) is 46.7 Å². The maximum atomic E-state index is 14.3. The van der Waals surface area contributed by atoms with Crippen LogP contribution in [0.25, 0.3) is 0 Å². The largest absolute Gasteiger partial charge is 0.311 e. The molecule has 1 aromatic carbocycles. The number of sulfone groups is 1. The number of hydrogen-bond donors (Lipinski definition) is 1. The molecule has 1 fully saturated rings. The first-order valence-corrected chi connectivity index (χ1v) is 10.1. The molecular formula is C17H17F2N3O3S. The van der Waals surface area contributed by atoms with Gasteiger partial charge >= 0.3 is 0 Å². The van der Waals surface area contributed by atoms with E-state index in [2.05, 4.69) is 10.4 Å². The Kier molecular flexibility index (Phi) is 3.87. The van der Waals surface area contributed by atoms with Crippen LogP contribution in [0.5, 0.6) is 0 Å². The van der Waals surface area contributed by atoms with E-state index in [1.807, 2.05) is 0 Å². The number of aryl methyl sites for hydroxylation is 1. The van der Waals surface area contributed by atoms with E-state index < -0.39 is 27.4 Å². The van der Waals surface area contributed by atoms with Gasteiger partial charge in [-0.25, -0.2) is 21.9 Å². The van der Waals surface area contributed by atoms with Crippen molar-refractivity contribution >= 4 is 21.6 Å². The third kappa shape index (κ3) is 2.80. The molecule has 0 aliphatic carbocycles. The van der Waals surface area contributed by atoms with E-state index in [-0.39, 0.29) is 35.4 Å². The van der Waals surface area contributed by atoms with Crippen LogP contribution in [-0.4, -0.2) is 35.6 Å². The summed E-state index contributed by atoms with van der Waals surface area (Å²) in [6.07, 6.45) is 0.437. The monoisotopic (exact) mass is 381 g/mol. The van der Waals surface area contributed by atoms with Crippen LogP contribution < -0.4 is 5.32 Å². The fourth-order valence-electron chi connectivity index (χ4n) is 3.85. The molecule has 138 valence electrons. The molecule has 1 N–H and O–H groups in total. The molecule has 2 aliphatic rings. The second-order valence-electron chi connectivity index (χ2n) is 6.82. The Morgan fingerprint density at radius 2 is 2.08 bits per heavy atom. The van der Waals surface area contributed by atoms with Crippen LogP contribution in [0.4, 0.5) is 14.6 Å². The Balaban J connectivity index is 1.82. The molecule has 1 amide bonds. The molecule has 2 aliphatic heterocycles. The predicted octanol–water partition coefficient (Wildman–Crippen LogP) is 2.30. The molecule has 0 bridgehead atoms. The van der Waals surface area contributed by atoms with Gasteiger partial charge in [-0.05, 0) is 25.0 Å². The molecule has 3 heterocycles. The molecule has 1 aromatic heterocycles. The second kappa shape index (κ2) is 5.87. The molecule has 9 heteroatoms. The summed E-state index contributed by atoms with van der Waals surface area (Å²) in [6.45, 7) is 1.74. The van der Waals surface area contributed by atoms with Gasteiger partial charge in [0, 0.05) is 24.0 Å². The van der Waals surface area contributed by atoms with Crippen molar-refractivity contribution in [2.24, 2.45) is 0 Å². The molecule has 0 spiro atoms. The number of benzene rings is 1. The highest BCUT2D eigenvalue weighted by Gasteiger charge is 2.38. The first-order valence-electron chi connectivity index (χ1n) is 8.29. The van der Waals surface area contributed by atoms with Crippen LogP contribution in [0.1, 0.15) is 41.6 Å². The molecule has 26 heavy (non-hydrogen) atoms. The number of carbonyl (C=O) groups excluding carboxylic acids is 1. The summed E-state index contributed by atoms with van der Waals surface area (Å²) in [6, 6.07) is 2.94. The van der Waals surface area contributed by atoms with Gasteiger partial charge in [0.15, 0.2) is 9.84 Å². The van der Waals surface area contributed by atoms with Crippen molar-refractivity contribution < 1.29 is 22.0 Å². The Morgan fingerprint density at radius 3 is 2.73 bits per heavy atom. The zero-order chi connectivity index (χ0) is 18.6. The van der Waals surface area contributed by atoms with E-state index >= 15 is 0 Å². The van der Waals surface area contributed by atoms with E-state index in [1.54, 1.807) is 11.6 Å². The maximum absolute atomic E-state index is 14.3. The number of nitrogens with one attached hydrogen (secondary N) is 1. The third-order valence-corrected chi connectivity index (χ3v) is 6.77. The van der Waals surface area contributed by atoms with Gasteiger partial charge in [0.05, 0.1) is 23.2 Å². The Hall–Kier alpha value is -2.29. The first-order chi connectivity index (χ1) is 12.2. The van der Waals surface area contributed by atoms with Gasteiger partial charge in [0.25, 0.3) is 0 Å². The number of halogens is 2. The molecule has 2 aromatic rings. The van der Waals surface area contributed by atoms with Gasteiger partial charge in [0.2, 0.25) is 5.91 Å². The number of aromatic nitrogens is 2. The van der Waals surface area contributed by atoms with Crippen LogP contribution in [-0.2, 0) is 14.6 Å². The van der Waals surface area contributed by atoms with E-state index in [1.165, 1.54) is 6.07 Å². The molecule has 2 atom stereocenters. The van der Waals surface area contributed by atoms with Crippen LogP contribution in [0.15, 0.2) is 18.2 Å². The van der Waals surface area contributed by atoms with E-state index in [4.69, 9.17) is 0 Å². The Bertz CT molecular complexity index is 1020. The summed E-state index contributed by atoms with van der Waals surface area (Å²) in [5.41, 5.74) is 1.47. The zero-order valence-electron chi connectivity index (χ0n) is 14.0. The summed E-state index contributed by atoms with van der Waals surface area (Å²) in [7, 11) is -3.13. The first kappa shape index (κ1) is 17.1. The molecule has 6 nitrogen and oxygen atoms in total. The molecule has 0 saturated carbocycles. The van der Waals surface area contributed by atoms with Crippen LogP contribution in [0.2, 0.25) is 0 Å². The molecule has 0 unspecified atom stereocenters. The van der Waals surface area contributed by atoms with Gasteiger partial charge in [0.1, 0.15) is 17.5 Å². The highest BCUT2D eigenvalue weighted by atomic mass is 32.2. The minimum absolute atomic E-state index is 0.0189. The molecule has 4 rings (SSSR count). The minimum atomic E-state index is -3.13. The van der Waals surface area contributed by atoms with Crippen molar-refractivity contribution in [1.82, 2.24) is 9.78 Å². The zero-order valence-corrected chi connectivity index (χ0v) is 14.8. The number of amides is 1. The number of anilines is 1. The third-order valence-electron chi connectivity index (χ3n) is 5.02. The van der Waals surface area contributed by atoms with E-state index in [9.17, 15) is 22.0 Å². The number of fused-ring (bicyclic) bond motifs is 1. The minimum Gasteiger partial charge on any atom is -0.311 e. The predicted molar refractivity (Wildman–Crippen MR) is 90.7 cm³/mol. The standard InChI is InChI=1S/C17H17F2N3O3S/c1-9-16-13(12-3-2-10(18)6-14(12)19)7-15(23)20-17(16)22(21-9)11-4-5-26(24,25)8-11/h2-3,6,11,13H,4-5,7-8H2,1H3,(H,20,23)/t11-,13-/m0/s1. The van der Waals surface area contributed by atoms with Crippen LogP contribution in [0, 0.1) is 18.6 Å². The number of nitrogens with zero attached hydrogens (tertiary/aromatic N) is 2. The molecule has 1 saturated heterocycles. The lowest BCUT2D eigenvalue weighted by atomic mass is 9.85. The topological polar surface area (TPSA) is 81.1 Å². The van der Waals surface area contributed by atoms with Crippen molar-refractivity contribution in [3.8, 4) is 0 Å². The number of carbonyl (C=O) groups is 1. The van der Waals surface area contributed by atoms with Crippen molar-refractivity contribution in [2.75, 3.05) is 16.8 Å². The summed E-state index contributed by atoms with van der Waals surface area (Å²) in [5.74, 6) is -1.85. The fourth-order valence-corrected chi connectivity index (χ4v) is 5.55. The molecule has 0 radical (unpaired) electrons. The summed E-state index contributed by atoms with van der Waals surface area (Å²) in [4.78, 5) is 12.2. The number of rotatable bonds is 2. The second-order valence-corrected chi connectivity index (χ2v) is 9.05. The van der Waals surface area contributed by atoms with Crippen LogP contribution in [0.3, 0.4) is 0 Å². The van der Waals surface area contributed by atoms with Gasteiger partial charge in [-0.15, -0.1) is 0 Å². The summed E-state index contributed by atoms with van der Waals surface area (Å²) in [5, 5.41) is 7.19. The van der Waals surface area contributed by atoms with E-state index in [0.29, 0.717) is 23.5 Å². The van der Waals surface area contributed by atoms with Gasteiger partial charge in [-0.2, -0.15) is 5.10 Å². The maximum Gasteiger partial charge on any atom is 0.226 e. The fraction of sp³-hybridized carbons (Fsp3) is 0.412. The normalized spacial score (nSPS) is 24.3. The SMILES string of the molecule is Cc1nn([C@H]2CCS(=O)(=O)C2)c2c1[C@H](c1ccc(F)cc1F)CC(=O)N2. The lowest BCUT2D eigenvalue weighted by molar-refractivity contribution is -0.116. The van der Waals surface area contributed by atoms with E-state index in [0.717, 1.165) is 12.1 Å².